The van der Waals surface area contributed by atoms with Crippen molar-refractivity contribution in [2.24, 2.45) is 0 Å². The number of carbonyl (C=O) groups excluding carboxylic acids is 1. The van der Waals surface area contributed by atoms with Gasteiger partial charge in [-0.15, -0.1) is 0 Å². The summed E-state index contributed by atoms with van der Waals surface area (Å²) in [6.07, 6.45) is 3.26. The number of carbonyl (C=O) groups is 1. The fourth-order valence-electron chi connectivity index (χ4n) is 5.06. The molecule has 1 aromatic carbocycles. The van der Waals surface area contributed by atoms with Crippen LogP contribution in [0.3, 0.4) is 0 Å². The third-order valence-electron chi connectivity index (χ3n) is 6.73. The van der Waals surface area contributed by atoms with Crippen molar-refractivity contribution in [3.05, 3.63) is 62.7 Å². The number of likely N-dealkylation sites (tertiary alicyclic amines) is 1. The molecule has 1 aliphatic heterocycles. The van der Waals surface area contributed by atoms with E-state index in [2.05, 4.69) is 15.0 Å². The zero-order valence-electron chi connectivity index (χ0n) is 16.6. The van der Waals surface area contributed by atoms with E-state index in [0.717, 1.165) is 53.4 Å². The quantitative estimate of drug-likeness (QED) is 0.665. The van der Waals surface area contributed by atoms with E-state index in [0.29, 0.717) is 24.6 Å². The number of hydrogen-bond acceptors (Lipinski definition) is 3. The van der Waals surface area contributed by atoms with Gasteiger partial charge in [-0.25, -0.2) is 9.37 Å². The molecule has 1 spiro atoms. The van der Waals surface area contributed by atoms with Crippen molar-refractivity contribution in [2.45, 2.75) is 44.9 Å². The molecule has 0 radical (unpaired) electrons. The highest BCUT2D eigenvalue weighted by atomic mass is 19.1. The average Bonchev–Trinajstić information content (AvgIpc) is 3.21. The number of fused-ring (bicyclic) bond motifs is 3. The molecule has 0 saturated carbocycles. The molecule has 3 heterocycles. The Kier molecular flexibility index (Phi) is 3.91. The van der Waals surface area contributed by atoms with E-state index in [4.69, 9.17) is 0 Å². The summed E-state index contributed by atoms with van der Waals surface area (Å²) in [6.45, 7) is 4.90. The predicted octanol–water partition coefficient (Wildman–Crippen LogP) is 3.13. The molecule has 0 bridgehead atoms. The second-order valence-corrected chi connectivity index (χ2v) is 8.37. The van der Waals surface area contributed by atoms with Gasteiger partial charge < -0.3 is 14.9 Å². The predicted molar refractivity (Wildman–Crippen MR) is 108 cm³/mol. The standard InChI is InChI=1S/C22H23FN4O2/c1-12-16-11-14(23)3-4-17(16)26-18(12)21(29)27-9-7-22(8-10-27)6-5-15-19(22)24-13(2)25-20(15)28/h3-4,11,26H,5-10H2,1-2H3,(H,24,25,28). The number of amides is 1. The van der Waals surface area contributed by atoms with Gasteiger partial charge in [0.2, 0.25) is 0 Å². The van der Waals surface area contributed by atoms with Gasteiger partial charge in [-0.05, 0) is 63.3 Å². The Bertz CT molecular complexity index is 1200. The van der Waals surface area contributed by atoms with Crippen LogP contribution in [0.25, 0.3) is 10.9 Å². The van der Waals surface area contributed by atoms with Gasteiger partial charge in [0.15, 0.2) is 0 Å². The number of halogens is 1. The first-order valence-electron chi connectivity index (χ1n) is 10.1. The number of aryl methyl sites for hydroxylation is 2. The van der Waals surface area contributed by atoms with Crippen molar-refractivity contribution >= 4 is 16.8 Å². The van der Waals surface area contributed by atoms with Crippen LogP contribution in [0.2, 0.25) is 0 Å². The van der Waals surface area contributed by atoms with Gasteiger partial charge in [0.05, 0.1) is 5.69 Å². The van der Waals surface area contributed by atoms with Gasteiger partial charge in [-0.1, -0.05) is 0 Å². The number of hydrogen-bond donors (Lipinski definition) is 2. The Balaban J connectivity index is 1.40. The summed E-state index contributed by atoms with van der Waals surface area (Å²) in [5.41, 5.74) is 3.68. The number of rotatable bonds is 1. The van der Waals surface area contributed by atoms with Crippen molar-refractivity contribution in [3.63, 3.8) is 0 Å². The molecular formula is C22H23FN4O2. The molecule has 6 nitrogen and oxygen atoms in total. The van der Waals surface area contributed by atoms with Crippen LogP contribution in [0.5, 0.6) is 0 Å². The molecular weight excluding hydrogens is 371 g/mol. The van der Waals surface area contributed by atoms with E-state index in [1.54, 1.807) is 6.07 Å². The van der Waals surface area contributed by atoms with Gasteiger partial charge in [0, 0.05) is 35.0 Å². The Morgan fingerprint density at radius 1 is 1.17 bits per heavy atom. The molecule has 1 amide bonds. The summed E-state index contributed by atoms with van der Waals surface area (Å²) in [6, 6.07) is 4.52. The molecule has 29 heavy (non-hydrogen) atoms. The molecule has 2 N–H and O–H groups in total. The van der Waals surface area contributed by atoms with Gasteiger partial charge in [0.1, 0.15) is 17.3 Å². The van der Waals surface area contributed by atoms with Crippen LogP contribution >= 0.6 is 0 Å². The van der Waals surface area contributed by atoms with Crippen molar-refractivity contribution in [1.29, 1.82) is 0 Å². The topological polar surface area (TPSA) is 81.8 Å². The van der Waals surface area contributed by atoms with Gasteiger partial charge in [-0.2, -0.15) is 0 Å². The summed E-state index contributed by atoms with van der Waals surface area (Å²) < 4.78 is 13.6. The minimum Gasteiger partial charge on any atom is -0.350 e. The lowest BCUT2D eigenvalue weighted by Crippen LogP contribution is -2.45. The van der Waals surface area contributed by atoms with Gasteiger partial charge in [-0.3, -0.25) is 9.59 Å². The lowest BCUT2D eigenvalue weighted by atomic mass is 9.76. The maximum absolute atomic E-state index is 13.6. The first kappa shape index (κ1) is 18.1. The Morgan fingerprint density at radius 3 is 2.69 bits per heavy atom. The van der Waals surface area contributed by atoms with Crippen LogP contribution in [0.15, 0.2) is 23.0 Å². The maximum atomic E-state index is 13.6. The first-order valence-corrected chi connectivity index (χ1v) is 10.1. The largest absolute Gasteiger partial charge is 0.350 e. The Labute approximate surface area is 167 Å². The minimum absolute atomic E-state index is 0.0242. The van der Waals surface area contributed by atoms with E-state index in [1.165, 1.54) is 12.1 Å². The van der Waals surface area contributed by atoms with Crippen molar-refractivity contribution in [2.75, 3.05) is 13.1 Å². The molecule has 1 saturated heterocycles. The average molecular weight is 394 g/mol. The molecule has 2 aliphatic rings. The fraction of sp³-hybridized carbons (Fsp3) is 0.409. The Hall–Kier alpha value is -2.96. The third kappa shape index (κ3) is 2.71. The second kappa shape index (κ2) is 6.27. The lowest BCUT2D eigenvalue weighted by molar-refractivity contribution is 0.0657. The van der Waals surface area contributed by atoms with Crippen LogP contribution in [-0.4, -0.2) is 38.8 Å². The van der Waals surface area contributed by atoms with Crippen molar-refractivity contribution in [1.82, 2.24) is 19.9 Å². The highest BCUT2D eigenvalue weighted by Gasteiger charge is 2.44. The molecule has 150 valence electrons. The van der Waals surface area contributed by atoms with Crippen LogP contribution < -0.4 is 5.56 Å². The zero-order valence-corrected chi connectivity index (χ0v) is 16.6. The number of aromatic nitrogens is 3. The van der Waals surface area contributed by atoms with Gasteiger partial charge in [0.25, 0.3) is 11.5 Å². The molecule has 5 rings (SSSR count). The molecule has 7 heteroatoms. The zero-order chi connectivity index (χ0) is 20.3. The van der Waals surface area contributed by atoms with E-state index in [-0.39, 0.29) is 22.7 Å². The van der Waals surface area contributed by atoms with E-state index in [9.17, 15) is 14.0 Å². The second-order valence-electron chi connectivity index (χ2n) is 8.37. The van der Waals surface area contributed by atoms with Crippen LogP contribution in [0.4, 0.5) is 4.39 Å². The number of piperidine rings is 1. The van der Waals surface area contributed by atoms with E-state index in [1.807, 2.05) is 18.7 Å². The number of aromatic amines is 2. The summed E-state index contributed by atoms with van der Waals surface area (Å²) in [7, 11) is 0. The SMILES string of the molecule is Cc1nc2c(c(=O)[nH]1)CCC21CCN(C(=O)c2[nH]c3ccc(F)cc3c2C)CC1. The summed E-state index contributed by atoms with van der Waals surface area (Å²) in [5, 5.41) is 0.741. The molecule has 2 aromatic heterocycles. The summed E-state index contributed by atoms with van der Waals surface area (Å²) >= 11 is 0. The third-order valence-corrected chi connectivity index (χ3v) is 6.73. The lowest BCUT2D eigenvalue weighted by Gasteiger charge is -2.39. The number of nitrogens with zero attached hydrogens (tertiary/aromatic N) is 2. The number of benzene rings is 1. The molecule has 0 atom stereocenters. The minimum atomic E-state index is -0.309. The molecule has 3 aromatic rings. The van der Waals surface area contributed by atoms with Crippen LogP contribution in [0.1, 0.15) is 52.4 Å². The van der Waals surface area contributed by atoms with Crippen LogP contribution in [-0.2, 0) is 11.8 Å². The van der Waals surface area contributed by atoms with Gasteiger partial charge >= 0.3 is 0 Å². The molecule has 1 aliphatic carbocycles. The smallest absolute Gasteiger partial charge is 0.270 e. The van der Waals surface area contributed by atoms with Crippen molar-refractivity contribution < 1.29 is 9.18 Å². The molecule has 1 fully saturated rings. The normalized spacial score (nSPS) is 17.8. The summed E-state index contributed by atoms with van der Waals surface area (Å²) in [5.74, 6) is 0.285. The maximum Gasteiger partial charge on any atom is 0.270 e. The monoisotopic (exact) mass is 394 g/mol. The first-order chi connectivity index (χ1) is 13.9. The highest BCUT2D eigenvalue weighted by Crippen LogP contribution is 2.44. The summed E-state index contributed by atoms with van der Waals surface area (Å²) in [4.78, 5) is 37.9. The van der Waals surface area contributed by atoms with Crippen molar-refractivity contribution in [3.8, 4) is 0 Å². The number of nitrogens with one attached hydrogen (secondary N) is 2. The number of H-pyrrole nitrogens is 2. The highest BCUT2D eigenvalue weighted by molar-refractivity contribution is 6.01. The Morgan fingerprint density at radius 2 is 1.93 bits per heavy atom. The fourth-order valence-corrected chi connectivity index (χ4v) is 5.06. The van der Waals surface area contributed by atoms with E-state index < -0.39 is 0 Å². The molecule has 0 unspecified atom stereocenters. The van der Waals surface area contributed by atoms with Crippen LogP contribution in [0, 0.1) is 19.7 Å². The van der Waals surface area contributed by atoms with E-state index >= 15 is 0 Å².